The Kier molecular flexibility index (Phi) is 3.34. The molecule has 3 heteroatoms. The van der Waals surface area contributed by atoms with Gasteiger partial charge in [0.25, 0.3) is 0 Å². The topological polar surface area (TPSA) is 30.0 Å². The average molecular weight is 272 g/mol. The SMILES string of the molecule is O=C(c1ccccc1Cl)C1CCCc2cccnc21. The molecule has 1 atom stereocenters. The zero-order chi connectivity index (χ0) is 13.2. The van der Waals surface area contributed by atoms with Gasteiger partial charge < -0.3 is 0 Å². The van der Waals surface area contributed by atoms with E-state index in [2.05, 4.69) is 11.1 Å². The van der Waals surface area contributed by atoms with Crippen LogP contribution < -0.4 is 0 Å². The van der Waals surface area contributed by atoms with E-state index in [4.69, 9.17) is 11.6 Å². The van der Waals surface area contributed by atoms with Gasteiger partial charge in [0.15, 0.2) is 5.78 Å². The second-order valence-corrected chi connectivity index (χ2v) is 5.24. The minimum atomic E-state index is -0.148. The Balaban J connectivity index is 2.00. The fourth-order valence-corrected chi connectivity index (χ4v) is 2.94. The number of rotatable bonds is 2. The molecule has 1 aromatic carbocycles. The molecule has 1 heterocycles. The van der Waals surface area contributed by atoms with Gasteiger partial charge in [-0.3, -0.25) is 9.78 Å². The maximum Gasteiger partial charge on any atom is 0.173 e. The summed E-state index contributed by atoms with van der Waals surface area (Å²) in [7, 11) is 0. The van der Waals surface area contributed by atoms with Gasteiger partial charge in [0, 0.05) is 11.8 Å². The van der Waals surface area contributed by atoms with Crippen LogP contribution in [0.4, 0.5) is 0 Å². The summed E-state index contributed by atoms with van der Waals surface area (Å²) in [6, 6.07) is 11.2. The van der Waals surface area contributed by atoms with Crippen molar-refractivity contribution >= 4 is 17.4 Å². The third kappa shape index (κ3) is 2.28. The van der Waals surface area contributed by atoms with Crippen LogP contribution in [0, 0.1) is 0 Å². The minimum absolute atomic E-state index is 0.0882. The Morgan fingerprint density at radius 3 is 2.89 bits per heavy atom. The smallest absolute Gasteiger partial charge is 0.173 e. The molecule has 0 radical (unpaired) electrons. The summed E-state index contributed by atoms with van der Waals surface area (Å²) >= 11 is 6.12. The van der Waals surface area contributed by atoms with Crippen LogP contribution in [0.5, 0.6) is 0 Å². The Bertz CT molecular complexity index is 624. The Labute approximate surface area is 117 Å². The number of hydrogen-bond acceptors (Lipinski definition) is 2. The van der Waals surface area contributed by atoms with Crippen molar-refractivity contribution in [2.75, 3.05) is 0 Å². The van der Waals surface area contributed by atoms with Crippen molar-refractivity contribution in [1.29, 1.82) is 0 Å². The molecule has 1 aliphatic carbocycles. The van der Waals surface area contributed by atoms with Crippen molar-refractivity contribution in [3.8, 4) is 0 Å². The summed E-state index contributed by atoms with van der Waals surface area (Å²) in [4.78, 5) is 17.1. The van der Waals surface area contributed by atoms with E-state index in [-0.39, 0.29) is 11.7 Å². The zero-order valence-electron chi connectivity index (χ0n) is 10.5. The Morgan fingerprint density at radius 1 is 1.21 bits per heavy atom. The van der Waals surface area contributed by atoms with Gasteiger partial charge in [0.05, 0.1) is 16.6 Å². The predicted molar refractivity (Wildman–Crippen MR) is 75.7 cm³/mol. The molecule has 2 nitrogen and oxygen atoms in total. The Morgan fingerprint density at radius 2 is 2.05 bits per heavy atom. The fraction of sp³-hybridized carbons (Fsp3) is 0.250. The summed E-state index contributed by atoms with van der Waals surface area (Å²) in [5.41, 5.74) is 2.73. The number of hydrogen-bond donors (Lipinski definition) is 0. The molecule has 0 fully saturated rings. The fourth-order valence-electron chi connectivity index (χ4n) is 2.71. The van der Waals surface area contributed by atoms with Gasteiger partial charge in [-0.15, -0.1) is 0 Å². The van der Waals surface area contributed by atoms with E-state index in [1.165, 1.54) is 5.56 Å². The lowest BCUT2D eigenvalue weighted by Crippen LogP contribution is -2.20. The minimum Gasteiger partial charge on any atom is -0.293 e. The van der Waals surface area contributed by atoms with Crippen molar-refractivity contribution in [2.24, 2.45) is 0 Å². The number of Topliss-reactive ketones (excluding diaryl/α,β-unsaturated/α-hetero) is 1. The van der Waals surface area contributed by atoms with Crippen LogP contribution in [0.1, 0.15) is 40.4 Å². The monoisotopic (exact) mass is 271 g/mol. The first-order chi connectivity index (χ1) is 9.27. The van der Waals surface area contributed by atoms with Gasteiger partial charge in [0.2, 0.25) is 0 Å². The number of pyridine rings is 1. The van der Waals surface area contributed by atoms with Crippen molar-refractivity contribution in [1.82, 2.24) is 4.98 Å². The molecule has 1 aliphatic rings. The molecule has 0 aliphatic heterocycles. The van der Waals surface area contributed by atoms with Crippen LogP contribution in [0.25, 0.3) is 0 Å². The first-order valence-corrected chi connectivity index (χ1v) is 6.87. The second kappa shape index (κ2) is 5.14. The molecule has 19 heavy (non-hydrogen) atoms. The van der Waals surface area contributed by atoms with Gasteiger partial charge >= 0.3 is 0 Å². The maximum atomic E-state index is 12.7. The van der Waals surface area contributed by atoms with E-state index >= 15 is 0 Å². The van der Waals surface area contributed by atoms with Gasteiger partial charge in [-0.2, -0.15) is 0 Å². The number of benzene rings is 1. The standard InChI is InChI=1S/C16H14ClNO/c17-14-9-2-1-7-12(14)16(19)13-8-3-5-11-6-4-10-18-15(11)13/h1-2,4,6-7,9-10,13H,3,5,8H2. The second-order valence-electron chi connectivity index (χ2n) is 4.84. The lowest BCUT2D eigenvalue weighted by atomic mass is 9.82. The first kappa shape index (κ1) is 12.4. The molecule has 0 saturated heterocycles. The quantitative estimate of drug-likeness (QED) is 0.772. The number of ketones is 1. The van der Waals surface area contributed by atoms with E-state index in [0.717, 1.165) is 25.0 Å². The molecular formula is C16H14ClNO. The highest BCUT2D eigenvalue weighted by Gasteiger charge is 2.29. The van der Waals surface area contributed by atoms with Crippen molar-refractivity contribution in [2.45, 2.75) is 25.2 Å². The molecule has 2 aromatic rings. The molecule has 1 aromatic heterocycles. The van der Waals surface area contributed by atoms with E-state index in [0.29, 0.717) is 10.6 Å². The predicted octanol–water partition coefficient (Wildman–Crippen LogP) is 4.04. The molecule has 0 N–H and O–H groups in total. The highest BCUT2D eigenvalue weighted by molar-refractivity contribution is 6.34. The zero-order valence-corrected chi connectivity index (χ0v) is 11.2. The van der Waals surface area contributed by atoms with Crippen molar-refractivity contribution in [3.63, 3.8) is 0 Å². The van der Waals surface area contributed by atoms with Gasteiger partial charge in [-0.25, -0.2) is 0 Å². The van der Waals surface area contributed by atoms with Crippen LogP contribution in [-0.2, 0) is 6.42 Å². The van der Waals surface area contributed by atoms with Gasteiger partial charge in [0.1, 0.15) is 0 Å². The third-order valence-electron chi connectivity index (χ3n) is 3.65. The van der Waals surface area contributed by atoms with E-state index in [9.17, 15) is 4.79 Å². The lowest BCUT2D eigenvalue weighted by molar-refractivity contribution is 0.0949. The number of halogens is 1. The number of carbonyl (C=O) groups is 1. The molecule has 3 rings (SSSR count). The number of nitrogens with zero attached hydrogens (tertiary/aromatic N) is 1. The normalized spacial score (nSPS) is 17.8. The number of aromatic nitrogens is 1. The molecule has 0 amide bonds. The molecule has 0 spiro atoms. The van der Waals surface area contributed by atoms with Crippen LogP contribution >= 0.6 is 11.6 Å². The van der Waals surface area contributed by atoms with Crippen LogP contribution in [0.2, 0.25) is 5.02 Å². The van der Waals surface area contributed by atoms with Gasteiger partial charge in [-0.05, 0) is 43.0 Å². The van der Waals surface area contributed by atoms with E-state index < -0.39 is 0 Å². The maximum absolute atomic E-state index is 12.7. The summed E-state index contributed by atoms with van der Waals surface area (Å²) in [6.07, 6.45) is 4.65. The molecule has 0 bridgehead atoms. The highest BCUT2D eigenvalue weighted by atomic mass is 35.5. The van der Waals surface area contributed by atoms with Gasteiger partial charge in [-0.1, -0.05) is 29.8 Å². The number of carbonyl (C=O) groups excluding carboxylic acids is 1. The molecule has 96 valence electrons. The van der Waals surface area contributed by atoms with E-state index in [1.807, 2.05) is 18.2 Å². The summed E-state index contributed by atoms with van der Waals surface area (Å²) in [5.74, 6) is -0.0601. The summed E-state index contributed by atoms with van der Waals surface area (Å²) in [5, 5.41) is 0.524. The largest absolute Gasteiger partial charge is 0.293 e. The number of fused-ring (bicyclic) bond motifs is 1. The number of aryl methyl sites for hydroxylation is 1. The average Bonchev–Trinajstić information content (AvgIpc) is 2.46. The van der Waals surface area contributed by atoms with Crippen molar-refractivity contribution < 1.29 is 4.79 Å². The van der Waals surface area contributed by atoms with Crippen LogP contribution in [-0.4, -0.2) is 10.8 Å². The molecule has 1 unspecified atom stereocenters. The third-order valence-corrected chi connectivity index (χ3v) is 3.98. The Hall–Kier alpha value is -1.67. The van der Waals surface area contributed by atoms with Crippen molar-refractivity contribution in [3.05, 3.63) is 64.4 Å². The van der Waals surface area contributed by atoms with Crippen LogP contribution in [0.3, 0.4) is 0 Å². The lowest BCUT2D eigenvalue weighted by Gasteiger charge is -2.23. The highest BCUT2D eigenvalue weighted by Crippen LogP contribution is 2.33. The first-order valence-electron chi connectivity index (χ1n) is 6.50. The molecule has 0 saturated carbocycles. The van der Waals surface area contributed by atoms with E-state index in [1.54, 1.807) is 18.3 Å². The summed E-state index contributed by atoms with van der Waals surface area (Å²) in [6.45, 7) is 0. The summed E-state index contributed by atoms with van der Waals surface area (Å²) < 4.78 is 0. The molecular weight excluding hydrogens is 258 g/mol. The van der Waals surface area contributed by atoms with Crippen LogP contribution in [0.15, 0.2) is 42.6 Å².